The average molecular weight is 356 g/mol. The van der Waals surface area contributed by atoms with Gasteiger partial charge in [0.25, 0.3) is 0 Å². The van der Waals surface area contributed by atoms with E-state index in [1.54, 1.807) is 6.20 Å². The van der Waals surface area contributed by atoms with Crippen LogP contribution in [0.4, 0.5) is 23.1 Å². The molecule has 1 saturated heterocycles. The molecule has 1 atom stereocenters. The number of hydrogen-bond acceptors (Lipinski definition) is 8. The maximum atomic E-state index is 12.1. The van der Waals surface area contributed by atoms with Gasteiger partial charge in [0.2, 0.25) is 0 Å². The number of nitrogens with two attached hydrogens (primary N) is 1. The quantitative estimate of drug-likeness (QED) is 0.786. The van der Waals surface area contributed by atoms with Crippen molar-refractivity contribution in [3.63, 3.8) is 0 Å². The minimum atomic E-state index is -0.160. The first-order valence-electron chi connectivity index (χ1n) is 8.80. The number of ether oxygens (including phenoxy) is 1. The van der Waals surface area contributed by atoms with Gasteiger partial charge in [0, 0.05) is 19.3 Å². The van der Waals surface area contributed by atoms with Crippen LogP contribution in [-0.2, 0) is 9.53 Å². The molecule has 3 rings (SSSR count). The van der Waals surface area contributed by atoms with Crippen molar-refractivity contribution in [3.8, 4) is 0 Å². The third-order valence-electron chi connectivity index (χ3n) is 4.45. The molecular formula is C18H24N6O2. The fourth-order valence-corrected chi connectivity index (χ4v) is 3.09. The second-order valence-corrected chi connectivity index (χ2v) is 6.29. The number of carbonyl (C=O) groups excluding carboxylic acids is 1. The first-order valence-corrected chi connectivity index (χ1v) is 8.80. The first kappa shape index (κ1) is 17.9. The van der Waals surface area contributed by atoms with Gasteiger partial charge in [0.05, 0.1) is 12.5 Å². The summed E-state index contributed by atoms with van der Waals surface area (Å²) in [6.07, 6.45) is 4.88. The number of aryl methyl sites for hydroxylation is 1. The second-order valence-electron chi connectivity index (χ2n) is 6.29. The van der Waals surface area contributed by atoms with Crippen LogP contribution in [0.2, 0.25) is 0 Å². The van der Waals surface area contributed by atoms with E-state index in [2.05, 4.69) is 20.3 Å². The molecule has 0 saturated carbocycles. The fourth-order valence-electron chi connectivity index (χ4n) is 3.09. The molecular weight excluding hydrogens is 332 g/mol. The number of hydrogen-bond donors (Lipinski definition) is 2. The molecule has 0 aliphatic carbocycles. The zero-order valence-electron chi connectivity index (χ0n) is 15.1. The molecule has 8 nitrogen and oxygen atoms in total. The van der Waals surface area contributed by atoms with Crippen LogP contribution < -0.4 is 16.0 Å². The summed E-state index contributed by atoms with van der Waals surface area (Å²) in [5.41, 5.74) is 7.76. The number of anilines is 4. The predicted octanol–water partition coefficient (Wildman–Crippen LogP) is 2.29. The molecule has 26 heavy (non-hydrogen) atoms. The number of esters is 1. The maximum absolute atomic E-state index is 12.1. The van der Waals surface area contributed by atoms with Crippen LogP contribution in [0.1, 0.15) is 25.3 Å². The van der Waals surface area contributed by atoms with Gasteiger partial charge < -0.3 is 20.7 Å². The van der Waals surface area contributed by atoms with Crippen molar-refractivity contribution in [2.45, 2.75) is 26.7 Å². The summed E-state index contributed by atoms with van der Waals surface area (Å²) in [4.78, 5) is 27.0. The summed E-state index contributed by atoms with van der Waals surface area (Å²) >= 11 is 0. The standard InChI is InChI=1S/C18H24N6O2/c1-3-26-18(25)13-7-5-9-24(10-13)17-14(19)16(21-11-22-17)23-15-12(2)6-4-8-20-15/h4,6,8,11,13H,3,5,7,9-10,19H2,1-2H3,(H,20,21,22,23). The Labute approximate surface area is 152 Å². The fraction of sp³-hybridized carbons (Fsp3) is 0.444. The van der Waals surface area contributed by atoms with E-state index in [4.69, 9.17) is 10.5 Å². The van der Waals surface area contributed by atoms with Crippen molar-refractivity contribution in [2.75, 3.05) is 35.6 Å². The Kier molecular flexibility index (Phi) is 5.50. The number of piperidine rings is 1. The highest BCUT2D eigenvalue weighted by atomic mass is 16.5. The monoisotopic (exact) mass is 356 g/mol. The van der Waals surface area contributed by atoms with Gasteiger partial charge in [-0.25, -0.2) is 15.0 Å². The SMILES string of the molecule is CCOC(=O)C1CCCN(c2ncnc(Nc3ncccc3C)c2N)C1. The summed E-state index contributed by atoms with van der Waals surface area (Å²) < 4.78 is 5.16. The molecule has 1 aliphatic rings. The van der Waals surface area contributed by atoms with Crippen LogP contribution in [0.3, 0.4) is 0 Å². The van der Waals surface area contributed by atoms with Crippen molar-refractivity contribution < 1.29 is 9.53 Å². The number of nitrogens with one attached hydrogen (secondary N) is 1. The van der Waals surface area contributed by atoms with E-state index >= 15 is 0 Å². The van der Waals surface area contributed by atoms with E-state index in [0.717, 1.165) is 24.9 Å². The van der Waals surface area contributed by atoms with Gasteiger partial charge >= 0.3 is 5.97 Å². The molecule has 1 aliphatic heterocycles. The van der Waals surface area contributed by atoms with Crippen molar-refractivity contribution in [1.82, 2.24) is 15.0 Å². The Morgan fingerprint density at radius 1 is 1.38 bits per heavy atom. The minimum Gasteiger partial charge on any atom is -0.466 e. The molecule has 0 bridgehead atoms. The van der Waals surface area contributed by atoms with Crippen molar-refractivity contribution >= 4 is 29.1 Å². The molecule has 1 unspecified atom stereocenters. The normalized spacial score (nSPS) is 17.0. The van der Waals surface area contributed by atoms with E-state index < -0.39 is 0 Å². The third kappa shape index (κ3) is 3.84. The summed E-state index contributed by atoms with van der Waals surface area (Å²) in [5.74, 6) is 1.52. The zero-order chi connectivity index (χ0) is 18.5. The number of aromatic nitrogens is 3. The predicted molar refractivity (Wildman–Crippen MR) is 100 cm³/mol. The zero-order valence-corrected chi connectivity index (χ0v) is 15.1. The van der Waals surface area contributed by atoms with Crippen molar-refractivity contribution in [2.24, 2.45) is 5.92 Å². The second kappa shape index (κ2) is 7.99. The van der Waals surface area contributed by atoms with Crippen LogP contribution in [0.25, 0.3) is 0 Å². The molecule has 3 heterocycles. The van der Waals surface area contributed by atoms with E-state index in [1.807, 2.05) is 30.9 Å². The maximum Gasteiger partial charge on any atom is 0.310 e. The molecule has 2 aromatic rings. The summed E-state index contributed by atoms with van der Waals surface area (Å²) in [5, 5.41) is 3.17. The van der Waals surface area contributed by atoms with E-state index in [0.29, 0.717) is 36.3 Å². The van der Waals surface area contributed by atoms with E-state index in [9.17, 15) is 4.79 Å². The Hall–Kier alpha value is -2.90. The van der Waals surface area contributed by atoms with Crippen LogP contribution >= 0.6 is 0 Å². The molecule has 0 radical (unpaired) electrons. The Morgan fingerprint density at radius 3 is 3.00 bits per heavy atom. The van der Waals surface area contributed by atoms with Crippen LogP contribution in [0, 0.1) is 12.8 Å². The number of nitrogen functional groups attached to an aromatic ring is 1. The van der Waals surface area contributed by atoms with Crippen LogP contribution in [0.15, 0.2) is 24.7 Å². The van der Waals surface area contributed by atoms with Gasteiger partial charge in [-0.05, 0) is 38.3 Å². The molecule has 3 N–H and O–H groups in total. The average Bonchev–Trinajstić information content (AvgIpc) is 2.65. The smallest absolute Gasteiger partial charge is 0.310 e. The lowest BCUT2D eigenvalue weighted by molar-refractivity contribution is -0.148. The minimum absolute atomic E-state index is 0.160. The summed E-state index contributed by atoms with van der Waals surface area (Å²) in [6.45, 7) is 5.50. The first-order chi connectivity index (χ1) is 12.6. The number of pyridine rings is 1. The highest BCUT2D eigenvalue weighted by Gasteiger charge is 2.29. The van der Waals surface area contributed by atoms with Gasteiger partial charge in [-0.2, -0.15) is 0 Å². The van der Waals surface area contributed by atoms with Crippen LogP contribution in [0.5, 0.6) is 0 Å². The molecule has 8 heteroatoms. The van der Waals surface area contributed by atoms with Gasteiger partial charge in [0.1, 0.15) is 17.8 Å². The molecule has 0 spiro atoms. The lowest BCUT2D eigenvalue weighted by Gasteiger charge is -2.33. The summed E-state index contributed by atoms with van der Waals surface area (Å²) in [7, 11) is 0. The third-order valence-corrected chi connectivity index (χ3v) is 4.45. The van der Waals surface area contributed by atoms with Gasteiger partial charge in [-0.1, -0.05) is 6.07 Å². The molecule has 0 aromatic carbocycles. The lowest BCUT2D eigenvalue weighted by Crippen LogP contribution is -2.40. The Morgan fingerprint density at radius 2 is 2.23 bits per heavy atom. The van der Waals surface area contributed by atoms with Crippen molar-refractivity contribution in [1.29, 1.82) is 0 Å². The highest BCUT2D eigenvalue weighted by Crippen LogP contribution is 2.31. The van der Waals surface area contributed by atoms with Crippen molar-refractivity contribution in [3.05, 3.63) is 30.2 Å². The molecule has 138 valence electrons. The Bertz CT molecular complexity index is 782. The summed E-state index contributed by atoms with van der Waals surface area (Å²) in [6, 6.07) is 3.83. The molecule has 2 aromatic heterocycles. The van der Waals surface area contributed by atoms with E-state index in [1.165, 1.54) is 6.33 Å². The van der Waals surface area contributed by atoms with E-state index in [-0.39, 0.29) is 11.9 Å². The Balaban J connectivity index is 1.80. The largest absolute Gasteiger partial charge is 0.466 e. The molecule has 0 amide bonds. The van der Waals surface area contributed by atoms with Crippen LogP contribution in [-0.4, -0.2) is 40.6 Å². The number of carbonyl (C=O) groups is 1. The van der Waals surface area contributed by atoms with Gasteiger partial charge in [0.15, 0.2) is 11.6 Å². The number of rotatable bonds is 5. The molecule has 1 fully saturated rings. The number of nitrogens with zero attached hydrogens (tertiary/aromatic N) is 4. The van der Waals surface area contributed by atoms with Gasteiger partial charge in [-0.3, -0.25) is 4.79 Å². The highest BCUT2D eigenvalue weighted by molar-refractivity contribution is 5.79. The van der Waals surface area contributed by atoms with Gasteiger partial charge in [-0.15, -0.1) is 0 Å². The lowest BCUT2D eigenvalue weighted by atomic mass is 9.98. The topological polar surface area (TPSA) is 106 Å².